The smallest absolute Gasteiger partial charge is 0.203 e. The number of carbonyl (C=O) groups excluding carboxylic acids is 1. The van der Waals surface area contributed by atoms with Crippen molar-refractivity contribution in [3.8, 4) is 17.2 Å². The molecule has 0 radical (unpaired) electrons. The molecule has 0 aromatic heterocycles. The first-order valence-corrected chi connectivity index (χ1v) is 13.3. The summed E-state index contributed by atoms with van der Waals surface area (Å²) in [5.41, 5.74) is 3.51. The molecule has 196 valence electrons. The lowest BCUT2D eigenvalue weighted by molar-refractivity contribution is 0.0813. The molecule has 4 rings (SSSR count). The fourth-order valence-corrected chi connectivity index (χ4v) is 4.90. The summed E-state index contributed by atoms with van der Waals surface area (Å²) in [4.78, 5) is 13.4. The molecular weight excluding hydrogens is 511 g/mol. The largest absolute Gasteiger partial charge is 0.488 e. The van der Waals surface area contributed by atoms with Crippen LogP contribution in [0.3, 0.4) is 0 Å². The first-order chi connectivity index (χ1) is 17.7. The predicted molar refractivity (Wildman–Crippen MR) is 146 cm³/mol. The molecule has 37 heavy (non-hydrogen) atoms. The van der Waals surface area contributed by atoms with Gasteiger partial charge in [0.1, 0.15) is 29.5 Å². The highest BCUT2D eigenvalue weighted by atomic mass is 35.5. The maximum Gasteiger partial charge on any atom is 0.203 e. The van der Waals surface area contributed by atoms with Gasteiger partial charge in [0.05, 0.1) is 12.2 Å². The number of aliphatic hydroxyl groups excluding tert-OH is 1. The zero-order chi connectivity index (χ0) is 26.6. The van der Waals surface area contributed by atoms with Crippen LogP contribution in [0.15, 0.2) is 48.5 Å². The highest BCUT2D eigenvalue weighted by molar-refractivity contribution is 6.35. The Bertz CT molecular complexity index is 1290. The summed E-state index contributed by atoms with van der Waals surface area (Å²) >= 11 is 12.3. The first-order valence-electron chi connectivity index (χ1n) is 12.5. The van der Waals surface area contributed by atoms with Gasteiger partial charge in [-0.1, -0.05) is 48.7 Å². The maximum absolute atomic E-state index is 13.4. The van der Waals surface area contributed by atoms with Crippen molar-refractivity contribution < 1.29 is 24.1 Å². The summed E-state index contributed by atoms with van der Waals surface area (Å²) in [7, 11) is 0. The van der Waals surface area contributed by atoms with Gasteiger partial charge in [0.2, 0.25) is 5.78 Å². The van der Waals surface area contributed by atoms with Crippen molar-refractivity contribution in [1.82, 2.24) is 0 Å². The van der Waals surface area contributed by atoms with E-state index in [9.17, 15) is 9.90 Å². The van der Waals surface area contributed by atoms with E-state index >= 15 is 0 Å². The van der Waals surface area contributed by atoms with Crippen molar-refractivity contribution in [3.05, 3.63) is 86.4 Å². The van der Waals surface area contributed by atoms with Crippen LogP contribution in [-0.4, -0.2) is 23.1 Å². The van der Waals surface area contributed by atoms with Crippen LogP contribution in [0.5, 0.6) is 17.2 Å². The second-order valence-corrected chi connectivity index (χ2v) is 10.7. The number of hydrogen-bond donors (Lipinski definition) is 1. The SMILES string of the molecule is CCCc1ccc(C(=O)COc2c(CO)ccc3c2CCC(C)(C)O3)c(OCc2ccc(Cl)cc2Cl)c1. The van der Waals surface area contributed by atoms with Gasteiger partial charge in [-0.25, -0.2) is 0 Å². The average Bonchev–Trinajstić information content (AvgIpc) is 2.86. The Morgan fingerprint density at radius 2 is 1.84 bits per heavy atom. The van der Waals surface area contributed by atoms with Gasteiger partial charge in [0.25, 0.3) is 0 Å². The van der Waals surface area contributed by atoms with Crippen LogP contribution in [0.4, 0.5) is 0 Å². The fraction of sp³-hybridized carbons (Fsp3) is 0.367. The summed E-state index contributed by atoms with van der Waals surface area (Å²) in [5.74, 6) is 1.50. The second-order valence-electron chi connectivity index (χ2n) is 9.87. The summed E-state index contributed by atoms with van der Waals surface area (Å²) in [6.07, 6.45) is 3.39. The zero-order valence-electron chi connectivity index (χ0n) is 21.4. The van der Waals surface area contributed by atoms with Gasteiger partial charge in [0, 0.05) is 26.7 Å². The van der Waals surface area contributed by atoms with Gasteiger partial charge in [-0.05, 0) is 75.1 Å². The van der Waals surface area contributed by atoms with E-state index in [1.165, 1.54) is 0 Å². The van der Waals surface area contributed by atoms with Gasteiger partial charge >= 0.3 is 0 Å². The standard InChI is InChI=1S/C30H32Cl2O5/c1-4-5-19-6-10-23(28(14-19)35-17-21-7-9-22(31)15-25(21)32)26(34)18-36-29-20(16-33)8-11-27-24(29)12-13-30(2,3)37-27/h6-11,14-15,33H,4-5,12-13,16-18H2,1-3H3. The number of ether oxygens (including phenoxy) is 3. The van der Waals surface area contributed by atoms with Gasteiger partial charge in [-0.3, -0.25) is 4.79 Å². The summed E-state index contributed by atoms with van der Waals surface area (Å²) in [6.45, 7) is 5.99. The molecule has 0 amide bonds. The number of Topliss-reactive ketones (excluding diaryl/α,β-unsaturated/α-hetero) is 1. The van der Waals surface area contributed by atoms with Crippen molar-refractivity contribution in [2.75, 3.05) is 6.61 Å². The Morgan fingerprint density at radius 1 is 1.05 bits per heavy atom. The van der Waals surface area contributed by atoms with Crippen LogP contribution < -0.4 is 14.2 Å². The van der Waals surface area contributed by atoms with Crippen LogP contribution in [0.2, 0.25) is 10.0 Å². The summed E-state index contributed by atoms with van der Waals surface area (Å²) in [6, 6.07) is 14.5. The number of halogens is 2. The lowest BCUT2D eigenvalue weighted by atomic mass is 9.92. The van der Waals surface area contributed by atoms with E-state index in [-0.39, 0.29) is 31.2 Å². The van der Waals surface area contributed by atoms with Gasteiger partial charge in [0.15, 0.2) is 6.61 Å². The first kappa shape index (κ1) is 27.3. The number of ketones is 1. The topological polar surface area (TPSA) is 65.0 Å². The fourth-order valence-electron chi connectivity index (χ4n) is 4.44. The molecule has 3 aromatic carbocycles. The highest BCUT2D eigenvalue weighted by Gasteiger charge is 2.30. The molecule has 0 atom stereocenters. The number of aliphatic hydroxyl groups is 1. The van der Waals surface area contributed by atoms with E-state index in [4.69, 9.17) is 37.4 Å². The van der Waals surface area contributed by atoms with Gasteiger partial charge < -0.3 is 19.3 Å². The van der Waals surface area contributed by atoms with Crippen LogP contribution in [0.1, 0.15) is 66.2 Å². The molecular formula is C30H32Cl2O5. The Labute approximate surface area is 228 Å². The van der Waals surface area contributed by atoms with Crippen molar-refractivity contribution >= 4 is 29.0 Å². The number of carbonyl (C=O) groups is 1. The van der Waals surface area contributed by atoms with Crippen LogP contribution in [0, 0.1) is 0 Å². The lowest BCUT2D eigenvalue weighted by Crippen LogP contribution is -2.33. The minimum atomic E-state index is -0.278. The molecule has 0 saturated carbocycles. The predicted octanol–water partition coefficient (Wildman–Crippen LogP) is 7.38. The minimum Gasteiger partial charge on any atom is -0.488 e. The third-order valence-corrected chi connectivity index (χ3v) is 7.05. The Hall–Kier alpha value is -2.73. The quantitative estimate of drug-likeness (QED) is 0.270. The number of hydrogen-bond acceptors (Lipinski definition) is 5. The second kappa shape index (κ2) is 11.8. The molecule has 0 bridgehead atoms. The van der Waals surface area contributed by atoms with E-state index in [2.05, 4.69) is 6.92 Å². The number of rotatable bonds is 10. The number of benzene rings is 3. The molecule has 7 heteroatoms. The van der Waals surface area contributed by atoms with E-state index in [0.717, 1.165) is 48.1 Å². The van der Waals surface area contributed by atoms with E-state index in [1.54, 1.807) is 24.3 Å². The minimum absolute atomic E-state index is 0.192. The maximum atomic E-state index is 13.4. The summed E-state index contributed by atoms with van der Waals surface area (Å²) in [5, 5.41) is 11.0. The molecule has 0 saturated heterocycles. The van der Waals surface area contributed by atoms with Crippen LogP contribution in [0.25, 0.3) is 0 Å². The zero-order valence-corrected chi connectivity index (χ0v) is 22.9. The summed E-state index contributed by atoms with van der Waals surface area (Å²) < 4.78 is 18.3. The normalized spacial score (nSPS) is 14.0. The van der Waals surface area contributed by atoms with Crippen molar-refractivity contribution in [2.45, 2.75) is 65.3 Å². The molecule has 1 aliphatic heterocycles. The Balaban J connectivity index is 1.56. The molecule has 0 unspecified atom stereocenters. The van der Waals surface area contributed by atoms with Crippen LogP contribution >= 0.6 is 23.2 Å². The molecule has 1 aliphatic rings. The molecule has 0 spiro atoms. The van der Waals surface area contributed by atoms with E-state index in [1.807, 2.05) is 38.1 Å². The van der Waals surface area contributed by atoms with Gasteiger partial charge in [-0.15, -0.1) is 0 Å². The van der Waals surface area contributed by atoms with E-state index < -0.39 is 0 Å². The number of aryl methyl sites for hydroxylation is 1. The monoisotopic (exact) mass is 542 g/mol. The molecule has 0 aliphatic carbocycles. The third-order valence-electron chi connectivity index (χ3n) is 6.46. The molecule has 3 aromatic rings. The molecule has 0 fully saturated rings. The Morgan fingerprint density at radius 3 is 2.57 bits per heavy atom. The number of fused-ring (bicyclic) bond motifs is 1. The van der Waals surface area contributed by atoms with Crippen LogP contribution in [-0.2, 0) is 26.1 Å². The molecule has 1 heterocycles. The van der Waals surface area contributed by atoms with Crippen molar-refractivity contribution in [2.24, 2.45) is 0 Å². The Kier molecular flexibility index (Phi) is 8.68. The van der Waals surface area contributed by atoms with Crippen molar-refractivity contribution in [1.29, 1.82) is 0 Å². The lowest BCUT2D eigenvalue weighted by Gasteiger charge is -2.33. The third kappa shape index (κ3) is 6.59. The van der Waals surface area contributed by atoms with Gasteiger partial charge in [-0.2, -0.15) is 0 Å². The van der Waals surface area contributed by atoms with E-state index in [0.29, 0.717) is 32.7 Å². The molecule has 5 nitrogen and oxygen atoms in total. The molecule has 1 N–H and O–H groups in total. The highest BCUT2D eigenvalue weighted by Crippen LogP contribution is 2.40. The van der Waals surface area contributed by atoms with Crippen molar-refractivity contribution in [3.63, 3.8) is 0 Å². The average molecular weight is 543 g/mol.